The quantitative estimate of drug-likeness (QED) is 0.653. The Balaban J connectivity index is 1.76. The van der Waals surface area contributed by atoms with Gasteiger partial charge in [-0.15, -0.1) is 0 Å². The van der Waals surface area contributed by atoms with Crippen molar-refractivity contribution in [2.24, 2.45) is 5.92 Å². The predicted octanol–water partition coefficient (Wildman–Crippen LogP) is 4.53. The van der Waals surface area contributed by atoms with Gasteiger partial charge in [0.25, 0.3) is 5.91 Å². The van der Waals surface area contributed by atoms with E-state index in [1.54, 1.807) is 18.2 Å². The first-order chi connectivity index (χ1) is 14.5. The second-order valence-electron chi connectivity index (χ2n) is 7.76. The summed E-state index contributed by atoms with van der Waals surface area (Å²) in [6, 6.07) is 4.26. The zero-order valence-electron chi connectivity index (χ0n) is 16.3. The summed E-state index contributed by atoms with van der Waals surface area (Å²) < 4.78 is 79.8. The summed E-state index contributed by atoms with van der Waals surface area (Å²) in [4.78, 5) is 23.5. The molecule has 0 radical (unpaired) electrons. The molecular weight excluding hydrogens is 426 g/mol. The molecule has 0 N–H and O–H groups in total. The molecule has 0 spiro atoms. The van der Waals surface area contributed by atoms with Crippen LogP contribution in [-0.4, -0.2) is 35.0 Å². The Bertz CT molecular complexity index is 946. The topological polar surface area (TPSA) is 49.3 Å². The van der Waals surface area contributed by atoms with Crippen LogP contribution in [0.5, 0.6) is 0 Å². The van der Waals surface area contributed by atoms with Crippen molar-refractivity contribution in [3.05, 3.63) is 47.8 Å². The van der Waals surface area contributed by atoms with Gasteiger partial charge >= 0.3 is 12.4 Å². The Kier molecular flexibility index (Phi) is 5.09. The van der Waals surface area contributed by atoms with E-state index in [-0.39, 0.29) is 18.0 Å². The molecule has 3 heterocycles. The minimum atomic E-state index is -5.06. The molecule has 2 aliphatic rings. The lowest BCUT2D eigenvalue weighted by Gasteiger charge is -2.37. The molecule has 166 valence electrons. The van der Waals surface area contributed by atoms with Crippen LogP contribution in [-0.2, 0) is 17.1 Å². The van der Waals surface area contributed by atoms with Gasteiger partial charge in [0, 0.05) is 19.3 Å². The van der Waals surface area contributed by atoms with Crippen LogP contribution >= 0.6 is 0 Å². The van der Waals surface area contributed by atoms with Gasteiger partial charge in [0.2, 0.25) is 0 Å². The largest absolute Gasteiger partial charge is 0.433 e. The van der Waals surface area contributed by atoms with Crippen LogP contribution < -0.4 is 9.80 Å². The number of halogens is 6. The third-order valence-electron chi connectivity index (χ3n) is 5.86. The van der Waals surface area contributed by atoms with E-state index < -0.39 is 41.4 Å². The molecule has 3 atom stereocenters. The lowest BCUT2D eigenvalue weighted by Crippen LogP contribution is -2.51. The lowest BCUT2D eigenvalue weighted by molar-refractivity contribution is -0.145. The number of aromatic nitrogens is 2. The molecule has 1 saturated carbocycles. The first-order valence-corrected chi connectivity index (χ1v) is 9.60. The number of alkyl halides is 6. The fourth-order valence-electron chi connectivity index (χ4n) is 4.46. The minimum absolute atomic E-state index is 0.00529. The highest BCUT2D eigenvalue weighted by Gasteiger charge is 2.51. The van der Waals surface area contributed by atoms with Gasteiger partial charge in [0.05, 0.1) is 5.56 Å². The van der Waals surface area contributed by atoms with E-state index in [0.717, 1.165) is 0 Å². The molecule has 2 aromatic rings. The van der Waals surface area contributed by atoms with Crippen molar-refractivity contribution >= 4 is 17.5 Å². The normalized spacial score (nSPS) is 23.3. The molecule has 1 aliphatic carbocycles. The van der Waals surface area contributed by atoms with Gasteiger partial charge < -0.3 is 4.90 Å². The van der Waals surface area contributed by atoms with Gasteiger partial charge in [0.1, 0.15) is 23.4 Å². The van der Waals surface area contributed by atoms with Crippen molar-refractivity contribution in [1.29, 1.82) is 0 Å². The van der Waals surface area contributed by atoms with E-state index in [9.17, 15) is 31.1 Å². The summed E-state index contributed by atoms with van der Waals surface area (Å²) in [6.45, 7) is 0. The van der Waals surface area contributed by atoms with Crippen molar-refractivity contribution < 1.29 is 31.1 Å². The van der Waals surface area contributed by atoms with E-state index >= 15 is 0 Å². The Morgan fingerprint density at radius 1 is 1.10 bits per heavy atom. The molecule has 31 heavy (non-hydrogen) atoms. The van der Waals surface area contributed by atoms with E-state index in [1.165, 1.54) is 23.0 Å². The van der Waals surface area contributed by atoms with Crippen LogP contribution in [0.1, 0.15) is 30.5 Å². The number of carbonyl (C=O) groups excluding carboxylic acids is 1. The SMILES string of the molecule is CN(C(=O)[C@@H]1[C@H]2CC[C@H](C2)N1c1cc(C(F)(F)F)cc(C(F)(F)F)n1)c1ccccn1. The average Bonchev–Trinajstić information content (AvgIpc) is 3.33. The number of hydrogen-bond acceptors (Lipinski definition) is 4. The molecule has 5 nitrogen and oxygen atoms in total. The predicted molar refractivity (Wildman–Crippen MR) is 99.3 cm³/mol. The first-order valence-electron chi connectivity index (χ1n) is 9.60. The van der Waals surface area contributed by atoms with Crippen LogP contribution in [0.3, 0.4) is 0 Å². The monoisotopic (exact) mass is 444 g/mol. The summed E-state index contributed by atoms with van der Waals surface area (Å²) in [5.41, 5.74) is -3.08. The van der Waals surface area contributed by atoms with Gasteiger partial charge in [-0.2, -0.15) is 26.3 Å². The number of rotatable bonds is 3. The van der Waals surface area contributed by atoms with Crippen molar-refractivity contribution in [2.75, 3.05) is 16.8 Å². The molecule has 2 aromatic heterocycles. The highest BCUT2D eigenvalue weighted by molar-refractivity contribution is 5.98. The summed E-state index contributed by atoms with van der Waals surface area (Å²) in [5.74, 6) is -0.779. The zero-order valence-corrected chi connectivity index (χ0v) is 16.3. The Morgan fingerprint density at radius 2 is 1.84 bits per heavy atom. The van der Waals surface area contributed by atoms with Crippen molar-refractivity contribution in [3.8, 4) is 0 Å². The van der Waals surface area contributed by atoms with Gasteiger partial charge in [0.15, 0.2) is 0 Å². The molecule has 0 aromatic carbocycles. The number of hydrogen-bond donors (Lipinski definition) is 0. The van der Waals surface area contributed by atoms with E-state index in [0.29, 0.717) is 31.1 Å². The van der Waals surface area contributed by atoms with Crippen LogP contribution in [0.25, 0.3) is 0 Å². The van der Waals surface area contributed by atoms with Crippen molar-refractivity contribution in [1.82, 2.24) is 9.97 Å². The van der Waals surface area contributed by atoms with Crippen molar-refractivity contribution in [3.63, 3.8) is 0 Å². The van der Waals surface area contributed by atoms with Gasteiger partial charge in [-0.05, 0) is 49.4 Å². The maximum absolute atomic E-state index is 13.3. The number of amides is 1. The summed E-state index contributed by atoms with van der Waals surface area (Å²) in [5, 5.41) is 0. The van der Waals surface area contributed by atoms with Crippen LogP contribution in [0.4, 0.5) is 38.0 Å². The smallest absolute Gasteiger partial charge is 0.341 e. The number of carbonyl (C=O) groups is 1. The molecule has 11 heteroatoms. The minimum Gasteiger partial charge on any atom is -0.341 e. The third kappa shape index (κ3) is 3.92. The van der Waals surface area contributed by atoms with E-state index in [1.807, 2.05) is 0 Å². The van der Waals surface area contributed by atoms with Gasteiger partial charge in [-0.25, -0.2) is 9.97 Å². The molecular formula is C20H18F6N4O. The number of anilines is 2. The number of pyridine rings is 2. The molecule has 1 aliphatic heterocycles. The van der Waals surface area contributed by atoms with Crippen LogP contribution in [0.15, 0.2) is 36.5 Å². The zero-order chi connectivity index (χ0) is 22.6. The fourth-order valence-corrected chi connectivity index (χ4v) is 4.46. The number of fused-ring (bicyclic) bond motifs is 2. The number of nitrogens with zero attached hydrogens (tertiary/aromatic N) is 4. The summed E-state index contributed by atoms with van der Waals surface area (Å²) in [7, 11) is 1.48. The van der Waals surface area contributed by atoms with Crippen molar-refractivity contribution in [2.45, 2.75) is 43.7 Å². The molecule has 2 fully saturated rings. The number of piperidine rings is 1. The summed E-state index contributed by atoms with van der Waals surface area (Å²) >= 11 is 0. The molecule has 2 bridgehead atoms. The molecule has 0 unspecified atom stereocenters. The summed E-state index contributed by atoms with van der Waals surface area (Å²) in [6.07, 6.45) is -6.81. The first kappa shape index (κ1) is 21.4. The number of likely N-dealkylation sites (N-methyl/N-ethyl adjacent to an activating group) is 1. The second kappa shape index (κ2) is 7.38. The molecule has 1 saturated heterocycles. The Morgan fingerprint density at radius 3 is 2.45 bits per heavy atom. The maximum Gasteiger partial charge on any atom is 0.433 e. The average molecular weight is 444 g/mol. The second-order valence-corrected chi connectivity index (χ2v) is 7.76. The lowest BCUT2D eigenvalue weighted by atomic mass is 9.97. The molecule has 1 amide bonds. The third-order valence-corrected chi connectivity index (χ3v) is 5.86. The van der Waals surface area contributed by atoms with Gasteiger partial charge in [-0.3, -0.25) is 9.69 Å². The standard InChI is InChI=1S/C20H18F6N4O/c1-29(15-4-2-3-7-27-15)18(31)17-11-5-6-13(8-11)30(17)16-10-12(19(21,22)23)9-14(28-16)20(24,25)26/h2-4,7,9-11,13,17H,5-6,8H2,1H3/t11-,13+,17-/m0/s1. The highest BCUT2D eigenvalue weighted by Crippen LogP contribution is 2.46. The van der Waals surface area contributed by atoms with Crippen LogP contribution in [0, 0.1) is 5.92 Å². The van der Waals surface area contributed by atoms with Crippen LogP contribution in [0.2, 0.25) is 0 Å². The highest BCUT2D eigenvalue weighted by atomic mass is 19.4. The fraction of sp³-hybridized carbons (Fsp3) is 0.450. The van der Waals surface area contributed by atoms with E-state index in [4.69, 9.17) is 0 Å². The van der Waals surface area contributed by atoms with E-state index in [2.05, 4.69) is 9.97 Å². The van der Waals surface area contributed by atoms with Gasteiger partial charge in [-0.1, -0.05) is 6.07 Å². The molecule has 4 rings (SSSR count). The Labute approximate surface area is 173 Å². The maximum atomic E-state index is 13.3. The Hall–Kier alpha value is -2.85.